The molecule has 0 spiro atoms. The fourth-order valence-corrected chi connectivity index (χ4v) is 2.65. The first-order chi connectivity index (χ1) is 8.95. The second-order valence-electron chi connectivity index (χ2n) is 6.02. The van der Waals surface area contributed by atoms with Gasteiger partial charge in [0.2, 0.25) is 5.91 Å². The molecule has 0 aromatic rings. The monoisotopic (exact) mass is 270 g/mol. The van der Waals surface area contributed by atoms with E-state index < -0.39 is 5.41 Å². The van der Waals surface area contributed by atoms with Gasteiger partial charge in [0.1, 0.15) is 0 Å². The fourth-order valence-electron chi connectivity index (χ4n) is 2.65. The van der Waals surface area contributed by atoms with Crippen molar-refractivity contribution < 1.29 is 9.53 Å². The third kappa shape index (κ3) is 3.69. The predicted octanol–water partition coefficient (Wildman–Crippen LogP) is 2.22. The minimum atomic E-state index is -0.445. The Kier molecular flexibility index (Phi) is 5.81. The second-order valence-corrected chi connectivity index (χ2v) is 6.02. The summed E-state index contributed by atoms with van der Waals surface area (Å²) >= 11 is 0. The summed E-state index contributed by atoms with van der Waals surface area (Å²) in [6.45, 7) is 9.39. The minimum absolute atomic E-state index is 0.0540. The van der Waals surface area contributed by atoms with Gasteiger partial charge < -0.3 is 15.8 Å². The molecule has 4 nitrogen and oxygen atoms in total. The first-order valence-electron chi connectivity index (χ1n) is 7.60. The van der Waals surface area contributed by atoms with Crippen molar-refractivity contribution in [1.29, 1.82) is 0 Å². The predicted molar refractivity (Wildman–Crippen MR) is 77.9 cm³/mol. The van der Waals surface area contributed by atoms with Gasteiger partial charge in [-0.25, -0.2) is 0 Å². The summed E-state index contributed by atoms with van der Waals surface area (Å²) in [5.74, 6) is 0.0884. The van der Waals surface area contributed by atoms with Crippen molar-refractivity contribution in [2.75, 3.05) is 13.2 Å². The number of ether oxygens (including phenoxy) is 1. The van der Waals surface area contributed by atoms with Crippen LogP contribution in [0.2, 0.25) is 0 Å². The lowest BCUT2D eigenvalue weighted by atomic mass is 9.83. The Hall–Kier alpha value is -0.610. The van der Waals surface area contributed by atoms with E-state index in [1.54, 1.807) is 0 Å². The molecule has 0 saturated carbocycles. The Morgan fingerprint density at radius 1 is 1.42 bits per heavy atom. The van der Waals surface area contributed by atoms with E-state index in [0.29, 0.717) is 6.54 Å². The molecule has 2 atom stereocenters. The maximum Gasteiger partial charge on any atom is 0.227 e. The summed E-state index contributed by atoms with van der Waals surface area (Å²) < 4.78 is 5.94. The van der Waals surface area contributed by atoms with Gasteiger partial charge in [-0.2, -0.15) is 0 Å². The smallest absolute Gasteiger partial charge is 0.227 e. The molecule has 0 aromatic heterocycles. The molecule has 1 aliphatic rings. The van der Waals surface area contributed by atoms with E-state index in [1.165, 1.54) is 0 Å². The zero-order valence-electron chi connectivity index (χ0n) is 12.9. The van der Waals surface area contributed by atoms with E-state index >= 15 is 0 Å². The van der Waals surface area contributed by atoms with E-state index in [-0.39, 0.29) is 17.6 Å². The van der Waals surface area contributed by atoms with Crippen molar-refractivity contribution in [3.05, 3.63) is 0 Å². The van der Waals surface area contributed by atoms with Gasteiger partial charge in [-0.05, 0) is 39.0 Å². The molecule has 1 aliphatic heterocycles. The molecule has 0 radical (unpaired) electrons. The van der Waals surface area contributed by atoms with E-state index in [4.69, 9.17) is 10.5 Å². The maximum absolute atomic E-state index is 12.4. The topological polar surface area (TPSA) is 64.4 Å². The van der Waals surface area contributed by atoms with Crippen molar-refractivity contribution in [3.63, 3.8) is 0 Å². The fraction of sp³-hybridized carbons (Fsp3) is 0.933. The van der Waals surface area contributed by atoms with Crippen LogP contribution in [0.4, 0.5) is 0 Å². The molecule has 19 heavy (non-hydrogen) atoms. The Labute approximate surface area is 117 Å². The van der Waals surface area contributed by atoms with Crippen molar-refractivity contribution >= 4 is 5.91 Å². The van der Waals surface area contributed by atoms with Gasteiger partial charge in [0.25, 0.3) is 0 Å². The third-order valence-electron chi connectivity index (χ3n) is 4.90. The molecular formula is C15H30N2O2. The molecular weight excluding hydrogens is 240 g/mol. The van der Waals surface area contributed by atoms with Gasteiger partial charge in [-0.3, -0.25) is 4.79 Å². The molecule has 1 heterocycles. The third-order valence-corrected chi connectivity index (χ3v) is 4.90. The molecule has 3 N–H and O–H groups in total. The normalized spacial score (nSPS) is 25.6. The summed E-state index contributed by atoms with van der Waals surface area (Å²) in [7, 11) is 0. The van der Waals surface area contributed by atoms with Crippen LogP contribution in [0.5, 0.6) is 0 Å². The van der Waals surface area contributed by atoms with Gasteiger partial charge in [-0.1, -0.05) is 20.8 Å². The molecule has 2 unspecified atom stereocenters. The maximum atomic E-state index is 12.4. The van der Waals surface area contributed by atoms with Crippen LogP contribution >= 0.6 is 0 Å². The zero-order valence-corrected chi connectivity index (χ0v) is 12.9. The van der Waals surface area contributed by atoms with Crippen molar-refractivity contribution in [3.8, 4) is 0 Å². The largest absolute Gasteiger partial charge is 0.375 e. The number of carbonyl (C=O) groups is 1. The van der Waals surface area contributed by atoms with Crippen molar-refractivity contribution in [2.45, 2.75) is 71.4 Å². The number of nitrogens with two attached hydrogens (primary N) is 1. The van der Waals surface area contributed by atoms with Crippen LogP contribution in [0, 0.1) is 5.41 Å². The highest BCUT2D eigenvalue weighted by Gasteiger charge is 2.37. The number of carbonyl (C=O) groups excluding carboxylic acids is 1. The lowest BCUT2D eigenvalue weighted by Crippen LogP contribution is -2.52. The van der Waals surface area contributed by atoms with E-state index in [1.807, 2.05) is 13.8 Å². The molecule has 1 rings (SSSR count). The van der Waals surface area contributed by atoms with Crippen LogP contribution in [0.3, 0.4) is 0 Å². The molecule has 112 valence electrons. The van der Waals surface area contributed by atoms with Gasteiger partial charge in [-0.15, -0.1) is 0 Å². The highest BCUT2D eigenvalue weighted by atomic mass is 16.5. The molecule has 0 aromatic carbocycles. The van der Waals surface area contributed by atoms with Gasteiger partial charge in [0.15, 0.2) is 0 Å². The zero-order chi connectivity index (χ0) is 14.5. The second kappa shape index (κ2) is 6.71. The quantitative estimate of drug-likeness (QED) is 0.778. The first-order valence-corrected chi connectivity index (χ1v) is 7.60. The number of hydrogen-bond donors (Lipinski definition) is 2. The van der Waals surface area contributed by atoms with E-state index in [0.717, 1.165) is 38.7 Å². The molecule has 1 amide bonds. The molecule has 0 bridgehead atoms. The van der Waals surface area contributed by atoms with Crippen LogP contribution in [0.25, 0.3) is 0 Å². The average Bonchev–Trinajstić information content (AvgIpc) is 2.46. The number of amides is 1. The Bertz CT molecular complexity index is 297. The summed E-state index contributed by atoms with van der Waals surface area (Å²) in [4.78, 5) is 12.4. The Morgan fingerprint density at radius 2 is 2.05 bits per heavy atom. The number of nitrogens with one attached hydrogen (secondary N) is 1. The van der Waals surface area contributed by atoms with Gasteiger partial charge in [0, 0.05) is 19.2 Å². The number of rotatable bonds is 6. The minimum Gasteiger partial charge on any atom is -0.375 e. The van der Waals surface area contributed by atoms with Crippen molar-refractivity contribution in [1.82, 2.24) is 5.32 Å². The van der Waals surface area contributed by atoms with Gasteiger partial charge >= 0.3 is 0 Å². The van der Waals surface area contributed by atoms with Crippen LogP contribution in [-0.2, 0) is 9.53 Å². The lowest BCUT2D eigenvalue weighted by molar-refractivity contribution is -0.134. The SMILES string of the molecule is CCC1(CC)CC(NC(=O)C(C)(CC)CN)CCO1. The highest BCUT2D eigenvalue weighted by Crippen LogP contribution is 2.32. The lowest BCUT2D eigenvalue weighted by Gasteiger charge is -2.41. The first kappa shape index (κ1) is 16.4. The van der Waals surface area contributed by atoms with E-state index in [9.17, 15) is 4.79 Å². The molecule has 0 aliphatic carbocycles. The Balaban J connectivity index is 2.65. The van der Waals surface area contributed by atoms with Crippen LogP contribution in [-0.4, -0.2) is 30.7 Å². The average molecular weight is 270 g/mol. The molecule has 1 saturated heterocycles. The van der Waals surface area contributed by atoms with E-state index in [2.05, 4.69) is 19.2 Å². The number of hydrogen-bond acceptors (Lipinski definition) is 3. The van der Waals surface area contributed by atoms with Crippen LogP contribution in [0.1, 0.15) is 59.8 Å². The summed E-state index contributed by atoms with van der Waals surface area (Å²) in [6, 6.07) is 0.221. The highest BCUT2D eigenvalue weighted by molar-refractivity contribution is 5.82. The standard InChI is InChI=1S/C15H30N2O2/c1-5-14(4,11-16)13(18)17-12-8-9-19-15(6-2,7-3)10-12/h12H,5-11,16H2,1-4H3,(H,17,18). The van der Waals surface area contributed by atoms with Crippen molar-refractivity contribution in [2.24, 2.45) is 11.1 Å². The van der Waals surface area contributed by atoms with Crippen LogP contribution in [0.15, 0.2) is 0 Å². The van der Waals surface area contributed by atoms with Gasteiger partial charge in [0.05, 0.1) is 11.0 Å². The summed E-state index contributed by atoms with van der Waals surface area (Å²) in [5.41, 5.74) is 5.24. The summed E-state index contributed by atoms with van der Waals surface area (Å²) in [6.07, 6.45) is 4.58. The van der Waals surface area contributed by atoms with Crippen LogP contribution < -0.4 is 11.1 Å². The Morgan fingerprint density at radius 3 is 2.53 bits per heavy atom. The molecule has 1 fully saturated rings. The molecule has 4 heteroatoms. The summed E-state index contributed by atoms with van der Waals surface area (Å²) in [5, 5.41) is 3.19.